The van der Waals surface area contributed by atoms with Crippen LogP contribution in [0.4, 0.5) is 13.2 Å². The van der Waals surface area contributed by atoms with Gasteiger partial charge in [0, 0.05) is 25.7 Å². The lowest BCUT2D eigenvalue weighted by Crippen LogP contribution is -2.52. The van der Waals surface area contributed by atoms with Crippen molar-refractivity contribution < 1.29 is 18.0 Å². The summed E-state index contributed by atoms with van der Waals surface area (Å²) in [4.78, 5) is 14.1. The Kier molecular flexibility index (Phi) is 4.90. The average Bonchev–Trinajstić information content (AvgIpc) is 3.22. The zero-order valence-electron chi connectivity index (χ0n) is 11.7. The van der Waals surface area contributed by atoms with Gasteiger partial charge < -0.3 is 15.5 Å². The van der Waals surface area contributed by atoms with Crippen molar-refractivity contribution in [2.75, 3.05) is 26.7 Å². The Morgan fingerprint density at radius 2 is 2.00 bits per heavy atom. The molecule has 2 unspecified atom stereocenters. The van der Waals surface area contributed by atoms with Crippen LogP contribution in [-0.2, 0) is 4.79 Å². The smallest absolute Gasteiger partial charge is 0.353 e. The van der Waals surface area contributed by atoms with Crippen LogP contribution in [0.2, 0.25) is 0 Å². The van der Waals surface area contributed by atoms with Crippen LogP contribution in [0.3, 0.4) is 0 Å². The molecular weight excluding hydrogens is 271 g/mol. The van der Waals surface area contributed by atoms with Gasteiger partial charge in [0.2, 0.25) is 5.91 Å². The van der Waals surface area contributed by atoms with Gasteiger partial charge in [0.25, 0.3) is 0 Å². The third-order valence-electron chi connectivity index (χ3n) is 4.13. The Morgan fingerprint density at radius 3 is 2.50 bits per heavy atom. The molecule has 0 aromatic heterocycles. The summed E-state index contributed by atoms with van der Waals surface area (Å²) in [6, 6.07) is 0.159. The van der Waals surface area contributed by atoms with Gasteiger partial charge in [-0.1, -0.05) is 0 Å². The molecule has 1 amide bonds. The number of hydrogen-bond acceptors (Lipinski definition) is 3. The molecule has 2 aliphatic rings. The lowest BCUT2D eigenvalue weighted by molar-refractivity contribution is -0.180. The molecular formula is C13H22F3N3O. The number of halogens is 3. The van der Waals surface area contributed by atoms with Crippen molar-refractivity contribution in [3.05, 3.63) is 0 Å². The second-order valence-corrected chi connectivity index (χ2v) is 5.78. The Balaban J connectivity index is 1.64. The fraction of sp³-hybridized carbons (Fsp3) is 0.923. The van der Waals surface area contributed by atoms with Crippen LogP contribution < -0.4 is 10.6 Å². The van der Waals surface area contributed by atoms with Gasteiger partial charge in [0.15, 0.2) is 0 Å². The highest BCUT2D eigenvalue weighted by Gasteiger charge is 2.42. The first kappa shape index (κ1) is 15.6. The number of hydrogen-bond donors (Lipinski definition) is 2. The van der Waals surface area contributed by atoms with Gasteiger partial charge in [0.05, 0.1) is 12.0 Å². The summed E-state index contributed by atoms with van der Waals surface area (Å²) >= 11 is 0. The minimum atomic E-state index is -4.17. The van der Waals surface area contributed by atoms with Crippen LogP contribution in [0.25, 0.3) is 0 Å². The van der Waals surface area contributed by atoms with Crippen LogP contribution in [0.5, 0.6) is 0 Å². The second-order valence-electron chi connectivity index (χ2n) is 5.78. The number of likely N-dealkylation sites (N-methyl/N-ethyl adjacent to an activating group) is 1. The Hall–Kier alpha value is -0.820. The number of amides is 1. The normalized spacial score (nSPS) is 27.6. The maximum Gasteiger partial charge on any atom is 0.393 e. The van der Waals surface area contributed by atoms with E-state index in [0.717, 1.165) is 6.54 Å². The van der Waals surface area contributed by atoms with Crippen molar-refractivity contribution in [3.63, 3.8) is 0 Å². The van der Waals surface area contributed by atoms with Crippen molar-refractivity contribution in [3.8, 4) is 0 Å². The standard InChI is InChI=1S/C13H22F3N3O/c1-19(10-3-4-10)7-6-17-12(20)11-5-2-9(8-18-11)13(14,15)16/h9-11,18H,2-8H2,1H3,(H,17,20). The van der Waals surface area contributed by atoms with Gasteiger partial charge in [-0.3, -0.25) is 4.79 Å². The van der Waals surface area contributed by atoms with Crippen molar-refractivity contribution in [2.24, 2.45) is 5.92 Å². The van der Waals surface area contributed by atoms with E-state index in [0.29, 0.717) is 12.6 Å². The first-order valence-corrected chi connectivity index (χ1v) is 7.16. The molecule has 4 nitrogen and oxygen atoms in total. The van der Waals surface area contributed by atoms with E-state index in [1.807, 2.05) is 7.05 Å². The van der Waals surface area contributed by atoms with Crippen LogP contribution in [0, 0.1) is 5.92 Å². The summed E-state index contributed by atoms with van der Waals surface area (Å²) in [5.41, 5.74) is 0. The maximum atomic E-state index is 12.5. The topological polar surface area (TPSA) is 44.4 Å². The number of nitrogens with one attached hydrogen (secondary N) is 2. The molecule has 1 saturated carbocycles. The number of carbonyl (C=O) groups is 1. The van der Waals surface area contributed by atoms with E-state index >= 15 is 0 Å². The molecule has 1 aliphatic heterocycles. The molecule has 0 aromatic rings. The monoisotopic (exact) mass is 293 g/mol. The van der Waals surface area contributed by atoms with Gasteiger partial charge in [-0.05, 0) is 32.7 Å². The molecule has 1 saturated heterocycles. The SMILES string of the molecule is CN(CCNC(=O)C1CCC(C(F)(F)F)CN1)C1CC1. The van der Waals surface area contributed by atoms with Crippen molar-refractivity contribution >= 4 is 5.91 Å². The molecule has 20 heavy (non-hydrogen) atoms. The average molecular weight is 293 g/mol. The molecule has 2 N–H and O–H groups in total. The lowest BCUT2D eigenvalue weighted by Gasteiger charge is -2.30. The van der Waals surface area contributed by atoms with E-state index in [1.54, 1.807) is 0 Å². The van der Waals surface area contributed by atoms with Gasteiger partial charge in [0.1, 0.15) is 0 Å². The van der Waals surface area contributed by atoms with Crippen molar-refractivity contribution in [1.29, 1.82) is 0 Å². The van der Waals surface area contributed by atoms with Gasteiger partial charge in [-0.15, -0.1) is 0 Å². The fourth-order valence-corrected chi connectivity index (χ4v) is 2.54. The summed E-state index contributed by atoms with van der Waals surface area (Å²) in [7, 11) is 2.02. The van der Waals surface area contributed by atoms with Crippen LogP contribution in [0.15, 0.2) is 0 Å². The van der Waals surface area contributed by atoms with E-state index in [-0.39, 0.29) is 25.3 Å². The summed E-state index contributed by atoms with van der Waals surface area (Å²) < 4.78 is 37.5. The lowest BCUT2D eigenvalue weighted by atomic mass is 9.94. The summed E-state index contributed by atoms with van der Waals surface area (Å²) in [6.07, 6.45) is -1.46. The van der Waals surface area contributed by atoms with E-state index in [9.17, 15) is 18.0 Å². The largest absolute Gasteiger partial charge is 0.393 e. The van der Waals surface area contributed by atoms with Gasteiger partial charge >= 0.3 is 6.18 Å². The number of alkyl halides is 3. The molecule has 0 spiro atoms. The van der Waals surface area contributed by atoms with E-state index in [4.69, 9.17) is 0 Å². The minimum Gasteiger partial charge on any atom is -0.353 e. The summed E-state index contributed by atoms with van der Waals surface area (Å²) in [5.74, 6) is -1.51. The molecule has 2 fully saturated rings. The molecule has 1 aliphatic carbocycles. The molecule has 116 valence electrons. The number of rotatable bonds is 5. The van der Waals surface area contributed by atoms with Crippen LogP contribution in [0.1, 0.15) is 25.7 Å². The van der Waals surface area contributed by atoms with Crippen molar-refractivity contribution in [2.45, 2.75) is 43.9 Å². The van der Waals surface area contributed by atoms with Crippen LogP contribution in [-0.4, -0.2) is 55.7 Å². The summed E-state index contributed by atoms with van der Waals surface area (Å²) in [6.45, 7) is 1.17. The Bertz CT molecular complexity index is 336. The zero-order chi connectivity index (χ0) is 14.8. The van der Waals surface area contributed by atoms with E-state index in [2.05, 4.69) is 15.5 Å². The van der Waals surface area contributed by atoms with E-state index in [1.165, 1.54) is 12.8 Å². The molecule has 7 heteroatoms. The van der Waals surface area contributed by atoms with Crippen LogP contribution >= 0.6 is 0 Å². The molecule has 0 bridgehead atoms. The predicted molar refractivity (Wildman–Crippen MR) is 69.2 cm³/mol. The van der Waals surface area contributed by atoms with Crippen molar-refractivity contribution in [1.82, 2.24) is 15.5 Å². The highest BCUT2D eigenvalue weighted by atomic mass is 19.4. The number of nitrogens with zero attached hydrogens (tertiary/aromatic N) is 1. The zero-order valence-corrected chi connectivity index (χ0v) is 11.7. The third kappa shape index (κ3) is 4.34. The molecule has 2 rings (SSSR count). The van der Waals surface area contributed by atoms with Gasteiger partial charge in [-0.25, -0.2) is 0 Å². The third-order valence-corrected chi connectivity index (χ3v) is 4.13. The number of carbonyl (C=O) groups excluding carboxylic acids is 1. The second kappa shape index (κ2) is 6.30. The summed E-state index contributed by atoms with van der Waals surface area (Å²) in [5, 5.41) is 5.50. The van der Waals surface area contributed by atoms with Gasteiger partial charge in [-0.2, -0.15) is 13.2 Å². The van der Waals surface area contributed by atoms with E-state index < -0.39 is 18.1 Å². The molecule has 2 atom stereocenters. The first-order chi connectivity index (χ1) is 9.38. The number of piperidine rings is 1. The highest BCUT2D eigenvalue weighted by Crippen LogP contribution is 2.31. The maximum absolute atomic E-state index is 12.5. The molecule has 1 heterocycles. The first-order valence-electron chi connectivity index (χ1n) is 7.16. The molecule has 0 radical (unpaired) electrons. The predicted octanol–water partition coefficient (Wildman–Crippen LogP) is 1.13. The quantitative estimate of drug-likeness (QED) is 0.798. The molecule has 0 aromatic carbocycles. The highest BCUT2D eigenvalue weighted by molar-refractivity contribution is 5.81. The fourth-order valence-electron chi connectivity index (χ4n) is 2.54. The minimum absolute atomic E-state index is 0.0244. The Morgan fingerprint density at radius 1 is 1.30 bits per heavy atom. The Labute approximate surface area is 117 Å².